The van der Waals surface area contributed by atoms with Crippen molar-refractivity contribution < 1.29 is 19.1 Å². The van der Waals surface area contributed by atoms with E-state index in [4.69, 9.17) is 9.47 Å². The van der Waals surface area contributed by atoms with Gasteiger partial charge in [-0.05, 0) is 30.2 Å². The lowest BCUT2D eigenvalue weighted by molar-refractivity contribution is -0.147. The van der Waals surface area contributed by atoms with Crippen LogP contribution in [0.25, 0.3) is 0 Å². The Bertz CT molecular complexity index is 698. The molecular weight excluding hydrogens is 256 g/mol. The number of carbonyl (C=O) groups excluding carboxylic acids is 2. The van der Waals surface area contributed by atoms with Gasteiger partial charge in [0.2, 0.25) is 11.6 Å². The molecule has 0 aromatic heterocycles. The summed E-state index contributed by atoms with van der Waals surface area (Å²) in [6, 6.07) is 7.82. The van der Waals surface area contributed by atoms with E-state index in [1.807, 2.05) is 24.3 Å². The topological polar surface area (TPSA) is 52.6 Å². The lowest BCUT2D eigenvalue weighted by Gasteiger charge is -2.35. The Kier molecular flexibility index (Phi) is 2.19. The van der Waals surface area contributed by atoms with Crippen LogP contribution in [0.1, 0.15) is 18.4 Å². The average Bonchev–Trinajstić information content (AvgIpc) is 2.82. The van der Waals surface area contributed by atoms with Crippen molar-refractivity contribution in [1.82, 2.24) is 0 Å². The molecule has 1 aromatic rings. The first-order valence-electron chi connectivity index (χ1n) is 6.63. The van der Waals surface area contributed by atoms with Crippen LogP contribution in [-0.4, -0.2) is 17.4 Å². The first kappa shape index (κ1) is 11.5. The molecular formula is C16H12O4. The van der Waals surface area contributed by atoms with Crippen LogP contribution in [0.2, 0.25) is 0 Å². The summed E-state index contributed by atoms with van der Waals surface area (Å²) in [6.07, 6.45) is 4.68. The van der Waals surface area contributed by atoms with Gasteiger partial charge in [0.25, 0.3) is 5.79 Å². The van der Waals surface area contributed by atoms with Crippen molar-refractivity contribution in [2.24, 2.45) is 0 Å². The van der Waals surface area contributed by atoms with Crippen LogP contribution in [0.3, 0.4) is 0 Å². The Morgan fingerprint density at radius 3 is 2.80 bits per heavy atom. The van der Waals surface area contributed by atoms with Gasteiger partial charge in [0.1, 0.15) is 11.5 Å². The number of rotatable bonds is 0. The number of ketones is 2. The molecule has 0 amide bonds. The van der Waals surface area contributed by atoms with Crippen LogP contribution < -0.4 is 4.74 Å². The van der Waals surface area contributed by atoms with Crippen LogP contribution in [0.4, 0.5) is 0 Å². The molecule has 0 saturated heterocycles. The number of carbonyl (C=O) groups is 2. The lowest BCUT2D eigenvalue weighted by atomic mass is 9.92. The van der Waals surface area contributed by atoms with E-state index in [1.54, 1.807) is 6.08 Å². The number of hydrogen-bond donors (Lipinski definition) is 0. The summed E-state index contributed by atoms with van der Waals surface area (Å²) in [7, 11) is 0. The zero-order valence-corrected chi connectivity index (χ0v) is 10.7. The van der Waals surface area contributed by atoms with Crippen molar-refractivity contribution >= 4 is 11.6 Å². The third kappa shape index (κ3) is 1.54. The van der Waals surface area contributed by atoms with Crippen LogP contribution in [0, 0.1) is 0 Å². The quantitative estimate of drug-likeness (QED) is 0.534. The molecule has 4 heteroatoms. The molecule has 2 heterocycles. The van der Waals surface area contributed by atoms with E-state index >= 15 is 0 Å². The highest BCUT2D eigenvalue weighted by atomic mass is 16.7. The number of benzene rings is 1. The summed E-state index contributed by atoms with van der Waals surface area (Å²) in [5.41, 5.74) is 1.58. The van der Waals surface area contributed by atoms with Gasteiger partial charge in [0.05, 0.1) is 12.0 Å². The Morgan fingerprint density at radius 1 is 1.05 bits per heavy atom. The fourth-order valence-electron chi connectivity index (χ4n) is 2.94. The van der Waals surface area contributed by atoms with Gasteiger partial charge >= 0.3 is 0 Å². The maximum absolute atomic E-state index is 11.9. The summed E-state index contributed by atoms with van der Waals surface area (Å²) in [4.78, 5) is 23.3. The summed E-state index contributed by atoms with van der Waals surface area (Å²) >= 11 is 0. The Labute approximate surface area is 115 Å². The van der Waals surface area contributed by atoms with E-state index in [0.29, 0.717) is 24.2 Å². The van der Waals surface area contributed by atoms with Crippen molar-refractivity contribution in [3.63, 3.8) is 0 Å². The molecule has 2 aliphatic heterocycles. The minimum absolute atomic E-state index is 0.339. The largest absolute Gasteiger partial charge is 0.452 e. The summed E-state index contributed by atoms with van der Waals surface area (Å²) in [5, 5.41) is 0. The number of aryl methyl sites for hydroxylation is 1. The van der Waals surface area contributed by atoms with Crippen molar-refractivity contribution in [2.45, 2.75) is 25.0 Å². The van der Waals surface area contributed by atoms with E-state index in [9.17, 15) is 9.59 Å². The van der Waals surface area contributed by atoms with Gasteiger partial charge in [-0.2, -0.15) is 0 Å². The van der Waals surface area contributed by atoms with Gasteiger partial charge < -0.3 is 9.47 Å². The third-order valence-electron chi connectivity index (χ3n) is 3.97. The lowest BCUT2D eigenvalue weighted by Crippen LogP contribution is -2.39. The van der Waals surface area contributed by atoms with E-state index < -0.39 is 17.4 Å². The van der Waals surface area contributed by atoms with Crippen molar-refractivity contribution in [3.8, 4) is 5.75 Å². The maximum atomic E-state index is 11.9. The SMILES string of the molecule is O=C1C=CC2=C(CC3(CCc4ccccc4O3)O2)C1=O. The molecule has 0 fully saturated rings. The first-order chi connectivity index (χ1) is 9.67. The molecule has 20 heavy (non-hydrogen) atoms. The standard InChI is InChI=1S/C16H12O4/c17-12-5-6-14-11(15(12)18)9-16(20-14)8-7-10-3-1-2-4-13(10)19-16/h1-6H,7-9H2. The van der Waals surface area contributed by atoms with Crippen LogP contribution >= 0.6 is 0 Å². The molecule has 1 aliphatic carbocycles. The van der Waals surface area contributed by atoms with Gasteiger partial charge in [-0.3, -0.25) is 9.59 Å². The minimum Gasteiger partial charge on any atom is -0.452 e. The normalized spacial score (nSPS) is 27.2. The molecule has 1 spiro atoms. The average molecular weight is 268 g/mol. The Balaban J connectivity index is 1.66. The molecule has 4 nitrogen and oxygen atoms in total. The van der Waals surface area contributed by atoms with Crippen LogP contribution in [-0.2, 0) is 20.7 Å². The molecule has 1 unspecified atom stereocenters. The Morgan fingerprint density at radius 2 is 1.90 bits per heavy atom. The highest BCUT2D eigenvalue weighted by Gasteiger charge is 2.48. The zero-order chi connectivity index (χ0) is 13.7. The second-order valence-corrected chi connectivity index (χ2v) is 5.27. The summed E-state index contributed by atoms with van der Waals surface area (Å²) in [6.45, 7) is 0. The molecule has 4 rings (SSSR count). The molecule has 0 radical (unpaired) electrons. The Hall–Kier alpha value is -2.36. The van der Waals surface area contributed by atoms with Gasteiger partial charge in [-0.15, -0.1) is 0 Å². The number of fused-ring (bicyclic) bond motifs is 1. The van der Waals surface area contributed by atoms with E-state index in [0.717, 1.165) is 17.7 Å². The van der Waals surface area contributed by atoms with Gasteiger partial charge in [0.15, 0.2) is 0 Å². The smallest absolute Gasteiger partial charge is 0.255 e. The van der Waals surface area contributed by atoms with Crippen LogP contribution in [0.5, 0.6) is 5.75 Å². The molecule has 100 valence electrons. The fourth-order valence-corrected chi connectivity index (χ4v) is 2.94. The first-order valence-corrected chi connectivity index (χ1v) is 6.63. The second-order valence-electron chi connectivity index (χ2n) is 5.27. The third-order valence-corrected chi connectivity index (χ3v) is 3.97. The van der Waals surface area contributed by atoms with Crippen molar-refractivity contribution in [3.05, 3.63) is 53.3 Å². The number of ether oxygens (including phenoxy) is 2. The predicted molar refractivity (Wildman–Crippen MR) is 70.0 cm³/mol. The molecule has 0 saturated carbocycles. The monoisotopic (exact) mass is 268 g/mol. The second kappa shape index (κ2) is 3.82. The number of hydrogen-bond acceptors (Lipinski definition) is 4. The van der Waals surface area contributed by atoms with Gasteiger partial charge in [-0.1, -0.05) is 18.2 Å². The summed E-state index contributed by atoms with van der Waals surface area (Å²) in [5.74, 6) is -0.512. The van der Waals surface area contributed by atoms with Crippen LogP contribution in [0.15, 0.2) is 47.7 Å². The molecule has 0 N–H and O–H groups in total. The predicted octanol–water partition coefficient (Wildman–Crippen LogP) is 2.09. The van der Waals surface area contributed by atoms with Crippen molar-refractivity contribution in [2.75, 3.05) is 0 Å². The molecule has 0 bridgehead atoms. The maximum Gasteiger partial charge on any atom is 0.255 e. The molecule has 1 atom stereocenters. The van der Waals surface area contributed by atoms with E-state index in [2.05, 4.69) is 0 Å². The zero-order valence-electron chi connectivity index (χ0n) is 10.7. The van der Waals surface area contributed by atoms with E-state index in [1.165, 1.54) is 6.08 Å². The molecule has 3 aliphatic rings. The number of Topliss-reactive ketones (excluding diaryl/α,β-unsaturated/α-hetero) is 1. The van der Waals surface area contributed by atoms with Crippen molar-refractivity contribution in [1.29, 1.82) is 0 Å². The highest BCUT2D eigenvalue weighted by Crippen LogP contribution is 2.44. The minimum atomic E-state index is -0.830. The van der Waals surface area contributed by atoms with Gasteiger partial charge in [-0.25, -0.2) is 0 Å². The van der Waals surface area contributed by atoms with Gasteiger partial charge in [0, 0.05) is 6.42 Å². The van der Waals surface area contributed by atoms with E-state index in [-0.39, 0.29) is 0 Å². The fraction of sp³-hybridized carbons (Fsp3) is 0.250. The highest BCUT2D eigenvalue weighted by molar-refractivity contribution is 6.48. The summed E-state index contributed by atoms with van der Waals surface area (Å²) < 4.78 is 11.9. The number of allylic oxidation sites excluding steroid dienone is 2. The number of para-hydroxylation sites is 1. The molecule has 1 aromatic carbocycles.